The summed E-state index contributed by atoms with van der Waals surface area (Å²) >= 11 is 0. The third-order valence-electron chi connectivity index (χ3n) is 2.05. The molecule has 0 aliphatic rings. The van der Waals surface area contributed by atoms with Crippen LogP contribution in [0.15, 0.2) is 18.2 Å². The van der Waals surface area contributed by atoms with Crippen LogP contribution < -0.4 is 5.32 Å². The predicted octanol–water partition coefficient (Wildman–Crippen LogP) is 2.53. The molecule has 0 aliphatic carbocycles. The van der Waals surface area contributed by atoms with Gasteiger partial charge in [-0.15, -0.1) is 0 Å². The first-order valence-electron chi connectivity index (χ1n) is 5.64. The average molecular weight is 267 g/mol. The Kier molecular flexibility index (Phi) is 4.37. The number of amides is 1. The number of carbonyl (C=O) groups is 2. The van der Waals surface area contributed by atoms with E-state index in [1.54, 1.807) is 20.8 Å². The van der Waals surface area contributed by atoms with Crippen LogP contribution in [0.3, 0.4) is 0 Å². The van der Waals surface area contributed by atoms with Gasteiger partial charge in [-0.2, -0.15) is 0 Å². The summed E-state index contributed by atoms with van der Waals surface area (Å²) in [7, 11) is 1.22. The molecule has 0 aromatic heterocycles. The molecule has 1 aromatic carbocycles. The Morgan fingerprint density at radius 2 is 1.89 bits per heavy atom. The van der Waals surface area contributed by atoms with Gasteiger partial charge in [0.1, 0.15) is 16.9 Å². The zero-order valence-electron chi connectivity index (χ0n) is 11.3. The topological polar surface area (TPSA) is 84.9 Å². The van der Waals surface area contributed by atoms with Crippen LogP contribution in [0.5, 0.6) is 5.75 Å². The maximum absolute atomic E-state index is 11.5. The van der Waals surface area contributed by atoms with E-state index in [4.69, 9.17) is 4.74 Å². The third-order valence-corrected chi connectivity index (χ3v) is 2.05. The van der Waals surface area contributed by atoms with Gasteiger partial charge in [0.15, 0.2) is 0 Å². The molecule has 19 heavy (non-hydrogen) atoms. The van der Waals surface area contributed by atoms with Crippen molar-refractivity contribution in [2.24, 2.45) is 0 Å². The lowest BCUT2D eigenvalue weighted by Crippen LogP contribution is -2.27. The van der Waals surface area contributed by atoms with Crippen LogP contribution in [0.2, 0.25) is 0 Å². The molecule has 0 radical (unpaired) electrons. The standard InChI is InChI=1S/C13H17NO5/c1-13(2,3)19-12(17)14-8-5-6-9(10(15)7-8)11(16)18-4/h5-7,15H,1-4H3,(H,14,17). The van der Waals surface area contributed by atoms with Crippen LogP contribution in [-0.2, 0) is 9.47 Å². The number of phenols is 1. The van der Waals surface area contributed by atoms with Gasteiger partial charge in [-0.1, -0.05) is 0 Å². The van der Waals surface area contributed by atoms with E-state index >= 15 is 0 Å². The molecule has 6 heteroatoms. The Morgan fingerprint density at radius 1 is 1.26 bits per heavy atom. The molecule has 0 heterocycles. The fraction of sp³-hybridized carbons (Fsp3) is 0.385. The summed E-state index contributed by atoms with van der Waals surface area (Å²) in [6, 6.07) is 4.07. The van der Waals surface area contributed by atoms with E-state index in [9.17, 15) is 14.7 Å². The first-order valence-corrected chi connectivity index (χ1v) is 5.64. The number of hydrogen-bond acceptors (Lipinski definition) is 5. The lowest BCUT2D eigenvalue weighted by atomic mass is 10.2. The Bertz CT molecular complexity index is 490. The molecule has 0 spiro atoms. The molecular formula is C13H17NO5. The molecule has 104 valence electrons. The summed E-state index contributed by atoms with van der Waals surface area (Å²) in [5.41, 5.74) is -0.269. The number of benzene rings is 1. The summed E-state index contributed by atoms with van der Waals surface area (Å²) in [6.07, 6.45) is -0.641. The van der Waals surface area contributed by atoms with Crippen molar-refractivity contribution in [1.29, 1.82) is 0 Å². The molecule has 0 saturated carbocycles. The van der Waals surface area contributed by atoms with Gasteiger partial charge in [0, 0.05) is 11.8 Å². The second kappa shape index (κ2) is 5.60. The summed E-state index contributed by atoms with van der Waals surface area (Å²) in [5, 5.41) is 12.1. The molecule has 0 aliphatic heterocycles. The van der Waals surface area contributed by atoms with Crippen LogP contribution in [-0.4, -0.2) is 29.9 Å². The van der Waals surface area contributed by atoms with Gasteiger partial charge < -0.3 is 14.6 Å². The van der Waals surface area contributed by atoms with Crippen molar-refractivity contribution in [1.82, 2.24) is 0 Å². The highest BCUT2D eigenvalue weighted by molar-refractivity contribution is 5.94. The summed E-state index contributed by atoms with van der Waals surface area (Å²) in [4.78, 5) is 22.8. The van der Waals surface area contributed by atoms with Gasteiger partial charge in [0.05, 0.1) is 7.11 Å². The number of phenolic OH excluding ortho intramolecular Hbond substituents is 1. The van der Waals surface area contributed by atoms with Gasteiger partial charge in [0.2, 0.25) is 0 Å². The number of aromatic hydroxyl groups is 1. The molecule has 2 N–H and O–H groups in total. The highest BCUT2D eigenvalue weighted by atomic mass is 16.6. The van der Waals surface area contributed by atoms with E-state index in [1.165, 1.54) is 25.3 Å². The predicted molar refractivity (Wildman–Crippen MR) is 69.3 cm³/mol. The fourth-order valence-corrected chi connectivity index (χ4v) is 1.31. The van der Waals surface area contributed by atoms with E-state index in [1.807, 2.05) is 0 Å². The Hall–Kier alpha value is -2.24. The quantitative estimate of drug-likeness (QED) is 0.804. The van der Waals surface area contributed by atoms with Gasteiger partial charge in [0.25, 0.3) is 0 Å². The zero-order chi connectivity index (χ0) is 14.6. The molecule has 0 fully saturated rings. The number of rotatable bonds is 2. The third kappa shape index (κ3) is 4.50. The molecule has 0 atom stereocenters. The molecule has 1 aromatic rings. The van der Waals surface area contributed by atoms with Crippen molar-refractivity contribution in [3.05, 3.63) is 23.8 Å². The Morgan fingerprint density at radius 3 is 2.37 bits per heavy atom. The molecule has 0 saturated heterocycles. The summed E-state index contributed by atoms with van der Waals surface area (Å²) < 4.78 is 9.55. The fourth-order valence-electron chi connectivity index (χ4n) is 1.31. The minimum Gasteiger partial charge on any atom is -0.507 e. The van der Waals surface area contributed by atoms with Crippen LogP contribution in [0, 0.1) is 0 Å². The lowest BCUT2D eigenvalue weighted by molar-refractivity contribution is 0.0596. The minimum atomic E-state index is -0.652. The van der Waals surface area contributed by atoms with Crippen LogP contribution in [0.25, 0.3) is 0 Å². The largest absolute Gasteiger partial charge is 0.507 e. The number of esters is 1. The SMILES string of the molecule is COC(=O)c1ccc(NC(=O)OC(C)(C)C)cc1O. The number of anilines is 1. The van der Waals surface area contributed by atoms with Crippen molar-refractivity contribution in [3.63, 3.8) is 0 Å². The van der Waals surface area contributed by atoms with Crippen molar-refractivity contribution >= 4 is 17.7 Å². The van der Waals surface area contributed by atoms with Gasteiger partial charge >= 0.3 is 12.1 Å². The first-order chi connectivity index (χ1) is 8.73. The number of nitrogens with one attached hydrogen (secondary N) is 1. The van der Waals surface area contributed by atoms with Gasteiger partial charge in [-0.05, 0) is 32.9 Å². The van der Waals surface area contributed by atoms with Crippen molar-refractivity contribution in [2.45, 2.75) is 26.4 Å². The van der Waals surface area contributed by atoms with E-state index in [2.05, 4.69) is 10.1 Å². The van der Waals surface area contributed by atoms with Gasteiger partial charge in [-0.25, -0.2) is 9.59 Å². The Balaban J connectivity index is 2.79. The second-order valence-corrected chi connectivity index (χ2v) is 4.85. The van der Waals surface area contributed by atoms with E-state index in [0.717, 1.165) is 0 Å². The van der Waals surface area contributed by atoms with E-state index < -0.39 is 17.7 Å². The number of carbonyl (C=O) groups excluding carboxylic acids is 2. The van der Waals surface area contributed by atoms with Gasteiger partial charge in [-0.3, -0.25) is 5.32 Å². The summed E-state index contributed by atoms with van der Waals surface area (Å²) in [5.74, 6) is -0.929. The Labute approximate surface area is 111 Å². The van der Waals surface area contributed by atoms with E-state index in [0.29, 0.717) is 5.69 Å². The first kappa shape index (κ1) is 14.8. The monoisotopic (exact) mass is 267 g/mol. The van der Waals surface area contributed by atoms with Crippen LogP contribution >= 0.6 is 0 Å². The maximum atomic E-state index is 11.5. The molecule has 1 rings (SSSR count). The summed E-state index contributed by atoms with van der Waals surface area (Å²) in [6.45, 7) is 5.22. The van der Waals surface area contributed by atoms with E-state index in [-0.39, 0.29) is 11.3 Å². The molecule has 1 amide bonds. The highest BCUT2D eigenvalue weighted by Gasteiger charge is 2.17. The second-order valence-electron chi connectivity index (χ2n) is 4.85. The average Bonchev–Trinajstić information content (AvgIpc) is 2.25. The number of hydrogen-bond donors (Lipinski definition) is 2. The highest BCUT2D eigenvalue weighted by Crippen LogP contribution is 2.23. The molecule has 0 unspecified atom stereocenters. The number of ether oxygens (including phenoxy) is 2. The van der Waals surface area contributed by atoms with Crippen LogP contribution in [0.1, 0.15) is 31.1 Å². The molecule has 6 nitrogen and oxygen atoms in total. The lowest BCUT2D eigenvalue weighted by Gasteiger charge is -2.19. The molecule has 0 bridgehead atoms. The smallest absolute Gasteiger partial charge is 0.412 e. The van der Waals surface area contributed by atoms with Crippen molar-refractivity contribution < 1.29 is 24.2 Å². The number of methoxy groups -OCH3 is 1. The van der Waals surface area contributed by atoms with Crippen LogP contribution in [0.4, 0.5) is 10.5 Å². The zero-order valence-corrected chi connectivity index (χ0v) is 11.3. The normalized spacial score (nSPS) is 10.7. The van der Waals surface area contributed by atoms with Crippen molar-refractivity contribution in [2.75, 3.05) is 12.4 Å². The molecular weight excluding hydrogens is 250 g/mol. The maximum Gasteiger partial charge on any atom is 0.412 e. The van der Waals surface area contributed by atoms with Crippen molar-refractivity contribution in [3.8, 4) is 5.75 Å². The minimum absolute atomic E-state index is 0.0252.